The van der Waals surface area contributed by atoms with Gasteiger partial charge in [-0.1, -0.05) is 41.9 Å². The summed E-state index contributed by atoms with van der Waals surface area (Å²) in [6.45, 7) is 4.75. The first kappa shape index (κ1) is 14.2. The summed E-state index contributed by atoms with van der Waals surface area (Å²) in [6, 6.07) is 8.01. The standard InChI is InChI=1S/C13H18BrNO2/c1-9(2)12(7-13(16)17)15-8-10-4-3-5-11(14)6-10/h3-6,9,12,15H,7-8H2,1-2H3,(H,16,17)/t12-/m0/s1. The smallest absolute Gasteiger partial charge is 0.304 e. The number of carboxylic acids is 1. The average molecular weight is 300 g/mol. The first-order valence-corrected chi connectivity index (χ1v) is 6.48. The van der Waals surface area contributed by atoms with Crippen LogP contribution in [-0.2, 0) is 11.3 Å². The molecule has 4 heteroatoms. The van der Waals surface area contributed by atoms with E-state index in [0.29, 0.717) is 12.5 Å². The summed E-state index contributed by atoms with van der Waals surface area (Å²) < 4.78 is 1.04. The molecule has 1 aromatic rings. The molecule has 3 nitrogen and oxygen atoms in total. The third-order valence-electron chi connectivity index (χ3n) is 2.66. The molecule has 0 bridgehead atoms. The van der Waals surface area contributed by atoms with E-state index < -0.39 is 5.97 Å². The molecule has 0 radical (unpaired) electrons. The Bertz CT molecular complexity index is 379. The molecule has 0 aromatic heterocycles. The van der Waals surface area contributed by atoms with Gasteiger partial charge in [0.05, 0.1) is 6.42 Å². The van der Waals surface area contributed by atoms with Gasteiger partial charge in [0.15, 0.2) is 0 Å². The topological polar surface area (TPSA) is 49.3 Å². The lowest BCUT2D eigenvalue weighted by Crippen LogP contribution is -2.35. The number of carboxylic acid groups (broad SMARTS) is 1. The van der Waals surface area contributed by atoms with Crippen LogP contribution < -0.4 is 5.32 Å². The van der Waals surface area contributed by atoms with Crippen molar-refractivity contribution in [3.05, 3.63) is 34.3 Å². The Morgan fingerprint density at radius 1 is 1.47 bits per heavy atom. The lowest BCUT2D eigenvalue weighted by molar-refractivity contribution is -0.137. The number of halogens is 1. The van der Waals surface area contributed by atoms with E-state index in [1.54, 1.807) is 0 Å². The van der Waals surface area contributed by atoms with Crippen molar-refractivity contribution in [2.75, 3.05) is 0 Å². The molecule has 0 aliphatic carbocycles. The van der Waals surface area contributed by atoms with E-state index in [0.717, 1.165) is 10.0 Å². The molecule has 0 unspecified atom stereocenters. The van der Waals surface area contributed by atoms with Crippen LogP contribution in [0, 0.1) is 5.92 Å². The van der Waals surface area contributed by atoms with E-state index >= 15 is 0 Å². The van der Waals surface area contributed by atoms with Crippen molar-refractivity contribution in [1.82, 2.24) is 5.32 Å². The third kappa shape index (κ3) is 5.33. The summed E-state index contributed by atoms with van der Waals surface area (Å²) in [7, 11) is 0. The lowest BCUT2D eigenvalue weighted by atomic mass is 10.0. The normalized spacial score (nSPS) is 12.7. The zero-order chi connectivity index (χ0) is 12.8. The van der Waals surface area contributed by atoms with Crippen molar-refractivity contribution in [2.45, 2.75) is 32.9 Å². The molecule has 1 rings (SSSR count). The maximum Gasteiger partial charge on any atom is 0.304 e. The van der Waals surface area contributed by atoms with E-state index in [9.17, 15) is 4.79 Å². The monoisotopic (exact) mass is 299 g/mol. The highest BCUT2D eigenvalue weighted by Crippen LogP contribution is 2.13. The van der Waals surface area contributed by atoms with Gasteiger partial charge in [-0.3, -0.25) is 4.79 Å². The number of benzene rings is 1. The Hall–Kier alpha value is -0.870. The second kappa shape index (κ2) is 6.77. The Balaban J connectivity index is 2.54. The number of carbonyl (C=O) groups is 1. The molecular formula is C13H18BrNO2. The molecule has 0 amide bonds. The molecule has 1 atom stereocenters. The molecule has 0 aliphatic heterocycles. The minimum absolute atomic E-state index is 0.00600. The van der Waals surface area contributed by atoms with Crippen molar-refractivity contribution >= 4 is 21.9 Å². The summed E-state index contributed by atoms with van der Waals surface area (Å²) >= 11 is 3.42. The number of aliphatic carboxylic acids is 1. The SMILES string of the molecule is CC(C)[C@H](CC(=O)O)NCc1cccc(Br)c1. The van der Waals surface area contributed by atoms with Crippen LogP contribution in [0.2, 0.25) is 0 Å². The van der Waals surface area contributed by atoms with Gasteiger partial charge in [0.1, 0.15) is 0 Å². The second-order valence-electron chi connectivity index (χ2n) is 4.46. The van der Waals surface area contributed by atoms with Gasteiger partial charge in [-0.25, -0.2) is 0 Å². The van der Waals surface area contributed by atoms with Crippen molar-refractivity contribution in [3.8, 4) is 0 Å². The predicted molar refractivity (Wildman–Crippen MR) is 71.9 cm³/mol. The zero-order valence-electron chi connectivity index (χ0n) is 10.1. The fourth-order valence-corrected chi connectivity index (χ4v) is 2.07. The molecule has 0 saturated carbocycles. The summed E-state index contributed by atoms with van der Waals surface area (Å²) in [5, 5.41) is 12.1. The highest BCUT2D eigenvalue weighted by molar-refractivity contribution is 9.10. The van der Waals surface area contributed by atoms with Crippen LogP contribution in [0.3, 0.4) is 0 Å². The molecule has 1 aromatic carbocycles. The molecule has 0 saturated heterocycles. The Labute approximate surface area is 110 Å². The second-order valence-corrected chi connectivity index (χ2v) is 5.37. The van der Waals surface area contributed by atoms with Crippen molar-refractivity contribution in [1.29, 1.82) is 0 Å². The van der Waals surface area contributed by atoms with Crippen LogP contribution in [0.4, 0.5) is 0 Å². The molecule has 0 fully saturated rings. The average Bonchev–Trinajstić information content (AvgIpc) is 2.23. The van der Waals surface area contributed by atoms with E-state index in [1.165, 1.54) is 0 Å². The Morgan fingerprint density at radius 3 is 2.71 bits per heavy atom. The first-order valence-electron chi connectivity index (χ1n) is 5.68. The number of nitrogens with one attached hydrogen (secondary N) is 1. The van der Waals surface area contributed by atoms with Gasteiger partial charge in [0.25, 0.3) is 0 Å². The largest absolute Gasteiger partial charge is 0.481 e. The summed E-state index contributed by atoms with van der Waals surface area (Å²) in [6.07, 6.45) is 0.158. The quantitative estimate of drug-likeness (QED) is 0.849. The minimum Gasteiger partial charge on any atom is -0.481 e. The van der Waals surface area contributed by atoms with E-state index in [1.807, 2.05) is 38.1 Å². The molecule has 0 spiro atoms. The minimum atomic E-state index is -0.759. The van der Waals surface area contributed by atoms with Gasteiger partial charge in [-0.05, 0) is 23.6 Å². The predicted octanol–water partition coefficient (Wildman–Crippen LogP) is 3.04. The van der Waals surface area contributed by atoms with E-state index in [2.05, 4.69) is 21.2 Å². The van der Waals surface area contributed by atoms with Crippen LogP contribution in [-0.4, -0.2) is 17.1 Å². The zero-order valence-corrected chi connectivity index (χ0v) is 11.7. The number of hydrogen-bond donors (Lipinski definition) is 2. The van der Waals surface area contributed by atoms with Crippen LogP contribution in [0.25, 0.3) is 0 Å². The first-order chi connectivity index (χ1) is 7.99. The van der Waals surface area contributed by atoms with Crippen molar-refractivity contribution in [3.63, 3.8) is 0 Å². The highest BCUT2D eigenvalue weighted by Gasteiger charge is 2.16. The lowest BCUT2D eigenvalue weighted by Gasteiger charge is -2.20. The fourth-order valence-electron chi connectivity index (χ4n) is 1.63. The van der Waals surface area contributed by atoms with Crippen LogP contribution in [0.15, 0.2) is 28.7 Å². The third-order valence-corrected chi connectivity index (χ3v) is 3.15. The Kier molecular flexibility index (Phi) is 5.65. The maximum absolute atomic E-state index is 10.7. The summed E-state index contributed by atoms with van der Waals surface area (Å²) in [5.41, 5.74) is 1.15. The van der Waals surface area contributed by atoms with Gasteiger partial charge >= 0.3 is 5.97 Å². The van der Waals surface area contributed by atoms with Crippen LogP contribution >= 0.6 is 15.9 Å². The van der Waals surface area contributed by atoms with Crippen LogP contribution in [0.5, 0.6) is 0 Å². The van der Waals surface area contributed by atoms with Gasteiger partial charge in [0.2, 0.25) is 0 Å². The number of rotatable bonds is 6. The fraction of sp³-hybridized carbons (Fsp3) is 0.462. The maximum atomic E-state index is 10.7. The van der Waals surface area contributed by atoms with Gasteiger partial charge < -0.3 is 10.4 Å². The van der Waals surface area contributed by atoms with Crippen molar-refractivity contribution < 1.29 is 9.90 Å². The number of hydrogen-bond acceptors (Lipinski definition) is 2. The van der Waals surface area contributed by atoms with E-state index in [4.69, 9.17) is 5.11 Å². The molecule has 2 N–H and O–H groups in total. The summed E-state index contributed by atoms with van der Waals surface area (Å²) in [5.74, 6) is -0.455. The van der Waals surface area contributed by atoms with Crippen molar-refractivity contribution in [2.24, 2.45) is 5.92 Å². The van der Waals surface area contributed by atoms with Gasteiger partial charge in [-0.2, -0.15) is 0 Å². The highest BCUT2D eigenvalue weighted by atomic mass is 79.9. The molecule has 17 heavy (non-hydrogen) atoms. The molecular weight excluding hydrogens is 282 g/mol. The summed E-state index contributed by atoms with van der Waals surface area (Å²) in [4.78, 5) is 10.7. The van der Waals surface area contributed by atoms with Crippen LogP contribution in [0.1, 0.15) is 25.8 Å². The van der Waals surface area contributed by atoms with E-state index in [-0.39, 0.29) is 12.5 Å². The van der Waals surface area contributed by atoms with Gasteiger partial charge in [-0.15, -0.1) is 0 Å². The Morgan fingerprint density at radius 2 is 2.18 bits per heavy atom. The molecule has 0 heterocycles. The van der Waals surface area contributed by atoms with Gasteiger partial charge in [0, 0.05) is 17.1 Å². The molecule has 0 aliphatic rings. The molecule has 94 valence electrons.